The Morgan fingerprint density at radius 3 is 2.86 bits per heavy atom. The second kappa shape index (κ2) is 7.47. The van der Waals surface area contributed by atoms with Gasteiger partial charge in [0.2, 0.25) is 5.91 Å². The Labute approximate surface area is 163 Å². The van der Waals surface area contributed by atoms with Crippen LogP contribution in [0.25, 0.3) is 0 Å². The molecule has 0 spiro atoms. The highest BCUT2D eigenvalue weighted by Crippen LogP contribution is 2.28. The van der Waals surface area contributed by atoms with Crippen molar-refractivity contribution in [3.05, 3.63) is 57.5 Å². The molecule has 1 atom stereocenters. The molecule has 0 saturated carbocycles. The van der Waals surface area contributed by atoms with Gasteiger partial charge in [-0.25, -0.2) is 9.37 Å². The number of anilines is 1. The summed E-state index contributed by atoms with van der Waals surface area (Å²) in [6, 6.07) is 4.55. The van der Waals surface area contributed by atoms with E-state index >= 15 is 0 Å². The van der Waals surface area contributed by atoms with Crippen LogP contribution < -0.4 is 10.5 Å². The van der Waals surface area contributed by atoms with E-state index in [-0.39, 0.29) is 23.3 Å². The lowest BCUT2D eigenvalue weighted by molar-refractivity contribution is -0.125. The summed E-state index contributed by atoms with van der Waals surface area (Å²) in [4.78, 5) is 33.8. The minimum Gasteiger partial charge on any atom is -0.308 e. The molecule has 3 heterocycles. The molecule has 1 unspecified atom stereocenters. The molecule has 28 heavy (non-hydrogen) atoms. The molecular formula is C21H25FN4O2. The van der Waals surface area contributed by atoms with Gasteiger partial charge in [-0.05, 0) is 50.8 Å². The van der Waals surface area contributed by atoms with Crippen molar-refractivity contribution in [3.8, 4) is 0 Å². The first-order valence-corrected chi connectivity index (χ1v) is 9.88. The number of hydrogen-bond donors (Lipinski definition) is 0. The largest absolute Gasteiger partial charge is 0.308 e. The molecule has 1 amide bonds. The summed E-state index contributed by atoms with van der Waals surface area (Å²) in [5.41, 5.74) is 2.81. The number of amides is 1. The molecule has 1 aromatic carbocycles. The number of nitrogens with zero attached hydrogens (tertiary/aromatic N) is 4. The zero-order valence-electron chi connectivity index (χ0n) is 16.3. The summed E-state index contributed by atoms with van der Waals surface area (Å²) in [5, 5.41) is 0. The van der Waals surface area contributed by atoms with E-state index in [4.69, 9.17) is 0 Å². The topological polar surface area (TPSA) is 58.4 Å². The van der Waals surface area contributed by atoms with Crippen molar-refractivity contribution in [1.82, 2.24) is 14.5 Å². The van der Waals surface area contributed by atoms with Crippen molar-refractivity contribution >= 4 is 11.6 Å². The van der Waals surface area contributed by atoms with Gasteiger partial charge in [-0.15, -0.1) is 0 Å². The van der Waals surface area contributed by atoms with Gasteiger partial charge in [0, 0.05) is 31.7 Å². The van der Waals surface area contributed by atoms with Crippen LogP contribution >= 0.6 is 0 Å². The SMILES string of the molecule is CCn1cnc2c(c1=O)CCN(C1CCCN(c3cc(C)ccc3F)C1=O)C2. The predicted molar refractivity (Wildman–Crippen MR) is 105 cm³/mol. The standard InChI is InChI=1S/C21H25FN4O2/c1-3-24-13-23-17-12-25(10-8-15(17)20(24)27)18-5-4-9-26(21(18)28)19-11-14(2)6-7-16(19)22/h6-7,11,13,18H,3-5,8-10,12H2,1-2H3. The first kappa shape index (κ1) is 18.8. The van der Waals surface area contributed by atoms with Gasteiger partial charge in [0.05, 0.1) is 23.8 Å². The lowest BCUT2D eigenvalue weighted by Crippen LogP contribution is -2.54. The van der Waals surface area contributed by atoms with Crippen LogP contribution in [0.15, 0.2) is 29.3 Å². The Kier molecular flexibility index (Phi) is 5.02. The van der Waals surface area contributed by atoms with E-state index in [2.05, 4.69) is 9.88 Å². The van der Waals surface area contributed by atoms with E-state index in [1.165, 1.54) is 6.07 Å². The van der Waals surface area contributed by atoms with E-state index in [0.717, 1.165) is 29.7 Å². The van der Waals surface area contributed by atoms with Gasteiger partial charge in [-0.1, -0.05) is 6.07 Å². The maximum atomic E-state index is 14.4. The molecule has 0 bridgehead atoms. The average Bonchev–Trinajstić information content (AvgIpc) is 2.70. The Hall–Kier alpha value is -2.54. The van der Waals surface area contributed by atoms with Crippen LogP contribution in [0.1, 0.15) is 36.6 Å². The molecule has 6 nitrogen and oxygen atoms in total. The van der Waals surface area contributed by atoms with Crippen LogP contribution in [0.3, 0.4) is 0 Å². The number of benzene rings is 1. The molecule has 2 aromatic rings. The van der Waals surface area contributed by atoms with Gasteiger partial charge in [-0.2, -0.15) is 0 Å². The second-order valence-electron chi connectivity index (χ2n) is 7.58. The fraction of sp³-hybridized carbons (Fsp3) is 0.476. The van der Waals surface area contributed by atoms with Crippen LogP contribution in [0.2, 0.25) is 0 Å². The highest BCUT2D eigenvalue weighted by atomic mass is 19.1. The van der Waals surface area contributed by atoms with Gasteiger partial charge in [0.1, 0.15) is 5.82 Å². The Bertz CT molecular complexity index is 971. The number of piperidine rings is 1. The van der Waals surface area contributed by atoms with E-state index in [0.29, 0.717) is 38.3 Å². The van der Waals surface area contributed by atoms with Crippen molar-refractivity contribution in [1.29, 1.82) is 0 Å². The average molecular weight is 384 g/mol. The summed E-state index contributed by atoms with van der Waals surface area (Å²) >= 11 is 0. The fourth-order valence-corrected chi connectivity index (χ4v) is 4.24. The predicted octanol–water partition coefficient (Wildman–Crippen LogP) is 2.26. The number of halogens is 1. The Morgan fingerprint density at radius 1 is 1.25 bits per heavy atom. The van der Waals surface area contributed by atoms with Crippen molar-refractivity contribution < 1.29 is 9.18 Å². The summed E-state index contributed by atoms with van der Waals surface area (Å²) in [6.07, 6.45) is 3.73. The van der Waals surface area contributed by atoms with E-state index in [9.17, 15) is 14.0 Å². The number of fused-ring (bicyclic) bond motifs is 1. The molecule has 0 N–H and O–H groups in total. The number of carbonyl (C=O) groups excluding carboxylic acids is 1. The quantitative estimate of drug-likeness (QED) is 0.815. The molecule has 7 heteroatoms. The first-order chi connectivity index (χ1) is 13.5. The minimum atomic E-state index is -0.370. The molecular weight excluding hydrogens is 359 g/mol. The van der Waals surface area contributed by atoms with Gasteiger partial charge in [0.15, 0.2) is 0 Å². The third-order valence-electron chi connectivity index (χ3n) is 5.81. The molecule has 1 fully saturated rings. The molecule has 0 radical (unpaired) electrons. The van der Waals surface area contributed by atoms with Gasteiger partial charge in [-0.3, -0.25) is 19.1 Å². The van der Waals surface area contributed by atoms with Crippen molar-refractivity contribution in [2.45, 2.75) is 52.2 Å². The first-order valence-electron chi connectivity index (χ1n) is 9.88. The van der Waals surface area contributed by atoms with Crippen molar-refractivity contribution in [2.75, 3.05) is 18.0 Å². The summed E-state index contributed by atoms with van der Waals surface area (Å²) in [7, 11) is 0. The smallest absolute Gasteiger partial charge is 0.256 e. The van der Waals surface area contributed by atoms with Crippen LogP contribution in [0.4, 0.5) is 10.1 Å². The minimum absolute atomic E-state index is 0.0191. The van der Waals surface area contributed by atoms with Crippen LogP contribution in [0, 0.1) is 12.7 Å². The number of carbonyl (C=O) groups is 1. The van der Waals surface area contributed by atoms with Crippen molar-refractivity contribution in [2.24, 2.45) is 0 Å². The fourth-order valence-electron chi connectivity index (χ4n) is 4.24. The number of aryl methyl sites for hydroxylation is 2. The Morgan fingerprint density at radius 2 is 2.07 bits per heavy atom. The molecule has 148 valence electrons. The van der Waals surface area contributed by atoms with E-state index in [1.807, 2.05) is 13.8 Å². The summed E-state index contributed by atoms with van der Waals surface area (Å²) < 4.78 is 16.0. The summed E-state index contributed by atoms with van der Waals surface area (Å²) in [5.74, 6) is -0.438. The van der Waals surface area contributed by atoms with Crippen LogP contribution in [-0.2, 0) is 24.3 Å². The van der Waals surface area contributed by atoms with Gasteiger partial charge < -0.3 is 4.90 Å². The lowest BCUT2D eigenvalue weighted by atomic mass is 9.98. The molecule has 0 aliphatic carbocycles. The lowest BCUT2D eigenvalue weighted by Gasteiger charge is -2.40. The van der Waals surface area contributed by atoms with E-state index in [1.54, 1.807) is 27.9 Å². The second-order valence-corrected chi connectivity index (χ2v) is 7.58. The normalized spacial score (nSPS) is 20.3. The Balaban J connectivity index is 1.58. The molecule has 2 aliphatic heterocycles. The van der Waals surface area contributed by atoms with Crippen molar-refractivity contribution in [3.63, 3.8) is 0 Å². The molecule has 1 aromatic heterocycles. The van der Waals surface area contributed by atoms with Crippen LogP contribution in [0.5, 0.6) is 0 Å². The zero-order valence-corrected chi connectivity index (χ0v) is 16.3. The number of rotatable bonds is 3. The number of hydrogen-bond acceptors (Lipinski definition) is 4. The monoisotopic (exact) mass is 384 g/mol. The maximum absolute atomic E-state index is 14.4. The molecule has 4 rings (SSSR count). The van der Waals surface area contributed by atoms with Gasteiger partial charge in [0.25, 0.3) is 5.56 Å². The third kappa shape index (κ3) is 3.24. The zero-order chi connectivity index (χ0) is 19.8. The summed E-state index contributed by atoms with van der Waals surface area (Å²) in [6.45, 7) is 6.06. The molecule has 1 saturated heterocycles. The highest BCUT2D eigenvalue weighted by molar-refractivity contribution is 5.98. The van der Waals surface area contributed by atoms with Crippen LogP contribution in [-0.4, -0.2) is 39.5 Å². The van der Waals surface area contributed by atoms with E-state index < -0.39 is 0 Å². The van der Waals surface area contributed by atoms with Gasteiger partial charge >= 0.3 is 0 Å². The highest BCUT2D eigenvalue weighted by Gasteiger charge is 2.37. The third-order valence-corrected chi connectivity index (χ3v) is 5.81. The number of aromatic nitrogens is 2. The molecule has 2 aliphatic rings. The maximum Gasteiger partial charge on any atom is 0.256 e.